The van der Waals surface area contributed by atoms with Crippen LogP contribution in [-0.2, 0) is 18.4 Å². The second kappa shape index (κ2) is 4.14. The van der Waals surface area contributed by atoms with E-state index in [4.69, 9.17) is 0 Å². The topological polar surface area (TPSA) is 20.2 Å². The van der Waals surface area contributed by atoms with Crippen molar-refractivity contribution in [1.82, 2.24) is 0 Å². The van der Waals surface area contributed by atoms with Crippen molar-refractivity contribution in [2.24, 2.45) is 0 Å². The van der Waals surface area contributed by atoms with Crippen molar-refractivity contribution < 1.29 is 5.11 Å². The molecule has 0 saturated heterocycles. The lowest BCUT2D eigenvalue weighted by atomic mass is 9.93. The molecule has 0 atom stereocenters. The summed E-state index contributed by atoms with van der Waals surface area (Å²) in [6, 6.07) is 6.41. The summed E-state index contributed by atoms with van der Waals surface area (Å²) in [4.78, 5) is 0. The number of aryl methyl sites for hydroxylation is 2. The highest BCUT2D eigenvalue weighted by Gasteiger charge is 2.16. The zero-order valence-corrected chi connectivity index (χ0v) is 9.59. The molecule has 1 aromatic carbocycles. The zero-order valence-electron chi connectivity index (χ0n) is 9.59. The van der Waals surface area contributed by atoms with Gasteiger partial charge < -0.3 is 5.11 Å². The Morgan fingerprint density at radius 2 is 1.43 bits per heavy atom. The molecule has 0 fully saturated rings. The number of hydrogen-bond acceptors (Lipinski definition) is 1. The monoisotopic (exact) mass is 192 g/mol. The lowest BCUT2D eigenvalue weighted by Crippen LogP contribution is -2.16. The summed E-state index contributed by atoms with van der Waals surface area (Å²) in [5.41, 5.74) is 2.91. The Morgan fingerprint density at radius 3 is 1.71 bits per heavy atom. The fourth-order valence-electron chi connectivity index (χ4n) is 1.52. The molecule has 0 amide bonds. The summed E-state index contributed by atoms with van der Waals surface area (Å²) in [7, 11) is 0. The highest BCUT2D eigenvalue weighted by Crippen LogP contribution is 2.23. The molecule has 1 nitrogen and oxygen atoms in total. The maximum Gasteiger partial charge on any atom is 0.0840 e. The Kier molecular flexibility index (Phi) is 3.33. The van der Waals surface area contributed by atoms with Crippen molar-refractivity contribution in [2.75, 3.05) is 0 Å². The van der Waals surface area contributed by atoms with E-state index < -0.39 is 5.60 Å². The molecule has 0 unspecified atom stereocenters. The molecule has 78 valence electrons. The summed E-state index contributed by atoms with van der Waals surface area (Å²) < 4.78 is 0. The third-order valence-electron chi connectivity index (χ3n) is 2.58. The van der Waals surface area contributed by atoms with E-state index in [-0.39, 0.29) is 0 Å². The number of benzene rings is 1. The van der Waals surface area contributed by atoms with Gasteiger partial charge in [-0.3, -0.25) is 0 Å². The first-order valence-electron chi connectivity index (χ1n) is 5.33. The van der Waals surface area contributed by atoms with Crippen LogP contribution in [0.25, 0.3) is 0 Å². The van der Waals surface area contributed by atoms with Crippen LogP contribution >= 0.6 is 0 Å². The Balaban J connectivity index is 3.17. The number of aliphatic hydroxyl groups is 1. The van der Waals surface area contributed by atoms with E-state index in [1.165, 1.54) is 11.1 Å². The van der Waals surface area contributed by atoms with Crippen LogP contribution in [0.4, 0.5) is 0 Å². The van der Waals surface area contributed by atoms with Gasteiger partial charge in [0.05, 0.1) is 5.60 Å². The smallest absolute Gasteiger partial charge is 0.0840 e. The molecular formula is C13H20O. The molecule has 0 aliphatic rings. The Morgan fingerprint density at radius 1 is 1.00 bits per heavy atom. The summed E-state index contributed by atoms with van der Waals surface area (Å²) >= 11 is 0. The van der Waals surface area contributed by atoms with Gasteiger partial charge in [-0.1, -0.05) is 32.0 Å². The maximum absolute atomic E-state index is 9.93. The van der Waals surface area contributed by atoms with Crippen molar-refractivity contribution in [2.45, 2.75) is 46.1 Å². The highest BCUT2D eigenvalue weighted by molar-refractivity contribution is 5.33. The lowest BCUT2D eigenvalue weighted by Gasteiger charge is -2.19. The summed E-state index contributed by atoms with van der Waals surface area (Å²) in [6.07, 6.45) is 2.05. The van der Waals surface area contributed by atoms with Gasteiger partial charge in [-0.25, -0.2) is 0 Å². The molecule has 0 aromatic heterocycles. The molecule has 14 heavy (non-hydrogen) atoms. The molecule has 0 saturated carbocycles. The van der Waals surface area contributed by atoms with Crippen molar-refractivity contribution >= 4 is 0 Å². The molecule has 0 radical (unpaired) electrons. The van der Waals surface area contributed by atoms with Crippen molar-refractivity contribution in [1.29, 1.82) is 0 Å². The SMILES string of the molecule is CCc1cc(CC)cc(C(C)(C)O)c1. The maximum atomic E-state index is 9.93. The van der Waals surface area contributed by atoms with E-state index in [1.807, 2.05) is 13.8 Å². The van der Waals surface area contributed by atoms with Crippen molar-refractivity contribution in [3.8, 4) is 0 Å². The van der Waals surface area contributed by atoms with Gasteiger partial charge in [0.25, 0.3) is 0 Å². The van der Waals surface area contributed by atoms with Gasteiger partial charge in [-0.05, 0) is 43.4 Å². The van der Waals surface area contributed by atoms with Gasteiger partial charge in [-0.15, -0.1) is 0 Å². The van der Waals surface area contributed by atoms with Crippen LogP contribution in [0.3, 0.4) is 0 Å². The molecule has 0 bridgehead atoms. The van der Waals surface area contributed by atoms with E-state index in [0.29, 0.717) is 0 Å². The van der Waals surface area contributed by atoms with Gasteiger partial charge >= 0.3 is 0 Å². The second-order valence-electron chi connectivity index (χ2n) is 4.30. The minimum Gasteiger partial charge on any atom is -0.386 e. The van der Waals surface area contributed by atoms with Gasteiger partial charge in [0.2, 0.25) is 0 Å². The van der Waals surface area contributed by atoms with E-state index >= 15 is 0 Å². The Hall–Kier alpha value is -0.820. The van der Waals surface area contributed by atoms with E-state index in [1.54, 1.807) is 0 Å². The Labute approximate surface area is 86.8 Å². The van der Waals surface area contributed by atoms with Gasteiger partial charge in [0.1, 0.15) is 0 Å². The second-order valence-corrected chi connectivity index (χ2v) is 4.30. The molecule has 1 heteroatoms. The van der Waals surface area contributed by atoms with Gasteiger partial charge in [0, 0.05) is 0 Å². The first-order chi connectivity index (χ1) is 6.47. The lowest BCUT2D eigenvalue weighted by molar-refractivity contribution is 0.0784. The third-order valence-corrected chi connectivity index (χ3v) is 2.58. The van der Waals surface area contributed by atoms with Crippen molar-refractivity contribution in [3.63, 3.8) is 0 Å². The average Bonchev–Trinajstić information content (AvgIpc) is 2.15. The molecule has 1 rings (SSSR count). The Bertz CT molecular complexity index is 285. The van der Waals surface area contributed by atoms with Crippen LogP contribution in [0.15, 0.2) is 18.2 Å². The third kappa shape index (κ3) is 2.58. The predicted octanol–water partition coefficient (Wildman–Crippen LogP) is 3.04. The van der Waals surface area contributed by atoms with E-state index in [9.17, 15) is 5.11 Å². The van der Waals surface area contributed by atoms with Gasteiger partial charge in [0.15, 0.2) is 0 Å². The fourth-order valence-corrected chi connectivity index (χ4v) is 1.52. The predicted molar refractivity (Wildman–Crippen MR) is 60.4 cm³/mol. The summed E-state index contributed by atoms with van der Waals surface area (Å²) in [5, 5.41) is 9.93. The van der Waals surface area contributed by atoms with E-state index in [2.05, 4.69) is 32.0 Å². The van der Waals surface area contributed by atoms with Crippen LogP contribution in [0, 0.1) is 0 Å². The van der Waals surface area contributed by atoms with Gasteiger partial charge in [-0.2, -0.15) is 0 Å². The van der Waals surface area contributed by atoms with Crippen LogP contribution in [0.1, 0.15) is 44.4 Å². The summed E-state index contributed by atoms with van der Waals surface area (Å²) in [5.74, 6) is 0. The number of rotatable bonds is 3. The number of hydrogen-bond donors (Lipinski definition) is 1. The van der Waals surface area contributed by atoms with E-state index in [0.717, 1.165) is 18.4 Å². The molecule has 1 aromatic rings. The molecule has 1 N–H and O–H groups in total. The normalized spacial score (nSPS) is 11.8. The minimum atomic E-state index is -0.727. The molecule has 0 spiro atoms. The quantitative estimate of drug-likeness (QED) is 0.780. The first-order valence-corrected chi connectivity index (χ1v) is 5.33. The largest absolute Gasteiger partial charge is 0.386 e. The zero-order chi connectivity index (χ0) is 10.8. The van der Waals surface area contributed by atoms with Crippen LogP contribution in [0.5, 0.6) is 0 Å². The fraction of sp³-hybridized carbons (Fsp3) is 0.538. The standard InChI is InChI=1S/C13H20O/c1-5-10-7-11(6-2)9-12(8-10)13(3,4)14/h7-9,14H,5-6H2,1-4H3. The van der Waals surface area contributed by atoms with Crippen LogP contribution < -0.4 is 0 Å². The summed E-state index contributed by atoms with van der Waals surface area (Å²) in [6.45, 7) is 7.95. The minimum absolute atomic E-state index is 0.727. The van der Waals surface area contributed by atoms with Crippen LogP contribution in [-0.4, -0.2) is 5.11 Å². The molecule has 0 aliphatic carbocycles. The average molecular weight is 192 g/mol. The van der Waals surface area contributed by atoms with Crippen LogP contribution in [0.2, 0.25) is 0 Å². The molecule has 0 heterocycles. The van der Waals surface area contributed by atoms with Crippen molar-refractivity contribution in [3.05, 3.63) is 34.9 Å². The molecular weight excluding hydrogens is 172 g/mol. The molecule has 0 aliphatic heterocycles. The first kappa shape index (κ1) is 11.3. The highest BCUT2D eigenvalue weighted by atomic mass is 16.3.